The average molecular weight is 402 g/mol. The number of thioether (sulfide) groups is 1. The van der Waals surface area contributed by atoms with E-state index in [9.17, 15) is 9.59 Å². The highest BCUT2D eigenvalue weighted by atomic mass is 32.2. The average Bonchev–Trinajstić information content (AvgIpc) is 3.42. The number of ether oxygens (including phenoxy) is 1. The van der Waals surface area contributed by atoms with Crippen molar-refractivity contribution in [2.45, 2.75) is 43.6 Å². The zero-order valence-corrected chi connectivity index (χ0v) is 16.3. The molecule has 1 amide bonds. The van der Waals surface area contributed by atoms with Crippen molar-refractivity contribution < 1.29 is 13.9 Å². The first kappa shape index (κ1) is 18.8. The summed E-state index contributed by atoms with van der Waals surface area (Å²) in [5.41, 5.74) is 0.511. The van der Waals surface area contributed by atoms with Gasteiger partial charge in [-0.1, -0.05) is 30.0 Å². The quantitative estimate of drug-likeness (QED) is 0.589. The van der Waals surface area contributed by atoms with E-state index in [1.807, 2.05) is 37.3 Å². The standard InChI is InChI=1S/C19H22N4O4S/c1-12(16-9-13-5-2-3-7-15(13)27-16)20-17(24)11-28-19-22-21-18(25)23(19)10-14-6-4-8-26-14/h2-3,5,7,9,12,14H,4,6,8,10-11H2,1H3,(H,20,24)(H,21,25)/t12-,14+/m0/s1. The molecular weight excluding hydrogens is 380 g/mol. The second-order valence-electron chi connectivity index (χ2n) is 6.82. The molecule has 8 nitrogen and oxygen atoms in total. The highest BCUT2D eigenvalue weighted by Crippen LogP contribution is 2.24. The molecule has 0 spiro atoms. The molecule has 1 aliphatic heterocycles. The number of furan rings is 1. The summed E-state index contributed by atoms with van der Waals surface area (Å²) in [7, 11) is 0. The van der Waals surface area contributed by atoms with E-state index in [4.69, 9.17) is 9.15 Å². The van der Waals surface area contributed by atoms with Gasteiger partial charge >= 0.3 is 5.69 Å². The first-order valence-electron chi connectivity index (χ1n) is 9.27. The maximum absolute atomic E-state index is 12.4. The van der Waals surface area contributed by atoms with Crippen molar-refractivity contribution in [1.29, 1.82) is 0 Å². The SMILES string of the molecule is C[C@H](NC(=O)CSc1n[nH]c(=O)n1C[C@H]1CCCO1)c1cc2ccccc2o1. The van der Waals surface area contributed by atoms with Crippen LogP contribution in [0.2, 0.25) is 0 Å². The summed E-state index contributed by atoms with van der Waals surface area (Å²) in [6, 6.07) is 9.40. The van der Waals surface area contributed by atoms with Gasteiger partial charge in [-0.2, -0.15) is 0 Å². The van der Waals surface area contributed by atoms with Gasteiger partial charge in [0, 0.05) is 12.0 Å². The molecule has 9 heteroatoms. The Morgan fingerprint density at radius 1 is 1.46 bits per heavy atom. The van der Waals surface area contributed by atoms with Crippen LogP contribution in [0.4, 0.5) is 0 Å². The van der Waals surface area contributed by atoms with Crippen LogP contribution in [0.3, 0.4) is 0 Å². The van der Waals surface area contributed by atoms with Gasteiger partial charge in [0.2, 0.25) is 5.91 Å². The number of H-pyrrole nitrogens is 1. The lowest BCUT2D eigenvalue weighted by Crippen LogP contribution is -2.28. The molecule has 0 saturated carbocycles. The van der Waals surface area contributed by atoms with Crippen molar-refractivity contribution in [3.05, 3.63) is 46.6 Å². The summed E-state index contributed by atoms with van der Waals surface area (Å²) in [6.45, 7) is 3.05. The Morgan fingerprint density at radius 3 is 3.11 bits per heavy atom. The number of benzene rings is 1. The summed E-state index contributed by atoms with van der Waals surface area (Å²) in [5, 5.41) is 10.9. The minimum absolute atomic E-state index is 0.0246. The number of aromatic amines is 1. The summed E-state index contributed by atoms with van der Waals surface area (Å²) in [6.07, 6.45) is 1.95. The molecule has 2 aromatic heterocycles. The van der Waals surface area contributed by atoms with Gasteiger partial charge in [0.15, 0.2) is 5.16 Å². The Morgan fingerprint density at radius 2 is 2.32 bits per heavy atom. The molecule has 1 fully saturated rings. The zero-order valence-electron chi connectivity index (χ0n) is 15.5. The van der Waals surface area contributed by atoms with Gasteiger partial charge in [0.05, 0.1) is 24.4 Å². The van der Waals surface area contributed by atoms with Crippen LogP contribution in [0, 0.1) is 0 Å². The van der Waals surface area contributed by atoms with Crippen molar-refractivity contribution in [3.63, 3.8) is 0 Å². The van der Waals surface area contributed by atoms with E-state index in [2.05, 4.69) is 15.5 Å². The van der Waals surface area contributed by atoms with E-state index in [-0.39, 0.29) is 29.5 Å². The smallest absolute Gasteiger partial charge is 0.344 e. The Hall–Kier alpha value is -2.52. The van der Waals surface area contributed by atoms with Gasteiger partial charge in [-0.15, -0.1) is 5.10 Å². The number of fused-ring (bicyclic) bond motifs is 1. The second-order valence-corrected chi connectivity index (χ2v) is 7.76. The van der Waals surface area contributed by atoms with E-state index >= 15 is 0 Å². The Kier molecular flexibility index (Phi) is 5.54. The largest absolute Gasteiger partial charge is 0.459 e. The molecule has 0 radical (unpaired) electrons. The van der Waals surface area contributed by atoms with Gasteiger partial charge in [-0.3, -0.25) is 9.36 Å². The van der Waals surface area contributed by atoms with Crippen LogP contribution >= 0.6 is 11.8 Å². The predicted octanol–water partition coefficient (Wildman–Crippen LogP) is 2.47. The summed E-state index contributed by atoms with van der Waals surface area (Å²) in [4.78, 5) is 24.3. The van der Waals surface area contributed by atoms with Gasteiger partial charge in [0.25, 0.3) is 0 Å². The fraction of sp³-hybridized carbons (Fsp3) is 0.421. The molecule has 28 heavy (non-hydrogen) atoms. The fourth-order valence-corrected chi connectivity index (χ4v) is 4.03. The molecular formula is C19H22N4O4S. The van der Waals surface area contributed by atoms with Crippen LogP contribution in [0.1, 0.15) is 31.6 Å². The molecule has 0 aliphatic carbocycles. The van der Waals surface area contributed by atoms with Crippen LogP contribution in [-0.4, -0.2) is 39.1 Å². The number of para-hydroxylation sites is 1. The number of hydrogen-bond acceptors (Lipinski definition) is 6. The van der Waals surface area contributed by atoms with Crippen molar-refractivity contribution in [2.24, 2.45) is 0 Å². The molecule has 1 saturated heterocycles. The topological polar surface area (TPSA) is 102 Å². The summed E-state index contributed by atoms with van der Waals surface area (Å²) in [5.74, 6) is 0.701. The van der Waals surface area contributed by atoms with Crippen LogP contribution in [0.15, 0.2) is 44.7 Å². The van der Waals surface area contributed by atoms with E-state index < -0.39 is 0 Å². The molecule has 0 bridgehead atoms. The van der Waals surface area contributed by atoms with Crippen molar-refractivity contribution >= 4 is 28.6 Å². The number of carbonyl (C=O) groups is 1. The zero-order chi connectivity index (χ0) is 19.5. The lowest BCUT2D eigenvalue weighted by Gasteiger charge is -2.12. The van der Waals surface area contributed by atoms with Crippen LogP contribution in [0.5, 0.6) is 0 Å². The number of nitrogens with zero attached hydrogens (tertiary/aromatic N) is 2. The first-order chi connectivity index (χ1) is 13.6. The van der Waals surface area contributed by atoms with E-state index in [0.29, 0.717) is 17.5 Å². The Bertz CT molecular complexity index is 985. The molecule has 2 N–H and O–H groups in total. The molecule has 148 valence electrons. The number of hydrogen-bond donors (Lipinski definition) is 2. The second kappa shape index (κ2) is 8.24. The highest BCUT2D eigenvalue weighted by molar-refractivity contribution is 7.99. The minimum atomic E-state index is -0.283. The van der Waals surface area contributed by atoms with Gasteiger partial charge < -0.3 is 14.5 Å². The number of aromatic nitrogens is 3. The first-order valence-corrected chi connectivity index (χ1v) is 10.3. The maximum atomic E-state index is 12.4. The van der Waals surface area contributed by atoms with Crippen LogP contribution in [0.25, 0.3) is 11.0 Å². The molecule has 1 aromatic carbocycles. The van der Waals surface area contributed by atoms with Gasteiger partial charge in [-0.05, 0) is 31.9 Å². The van der Waals surface area contributed by atoms with E-state index in [0.717, 1.165) is 30.4 Å². The third-order valence-electron chi connectivity index (χ3n) is 4.71. The van der Waals surface area contributed by atoms with Crippen molar-refractivity contribution in [3.8, 4) is 0 Å². The maximum Gasteiger partial charge on any atom is 0.344 e. The highest BCUT2D eigenvalue weighted by Gasteiger charge is 2.21. The molecule has 0 unspecified atom stereocenters. The van der Waals surface area contributed by atoms with Crippen LogP contribution < -0.4 is 11.0 Å². The normalized spacial score (nSPS) is 17.8. The third-order valence-corrected chi connectivity index (χ3v) is 5.69. The summed E-state index contributed by atoms with van der Waals surface area (Å²) < 4.78 is 12.9. The Labute approximate surface area is 165 Å². The molecule has 3 aromatic rings. The fourth-order valence-electron chi connectivity index (χ4n) is 3.27. The van der Waals surface area contributed by atoms with Gasteiger partial charge in [-0.25, -0.2) is 9.89 Å². The minimum Gasteiger partial charge on any atom is -0.459 e. The van der Waals surface area contributed by atoms with Crippen LogP contribution in [-0.2, 0) is 16.1 Å². The van der Waals surface area contributed by atoms with Crippen molar-refractivity contribution in [1.82, 2.24) is 20.1 Å². The van der Waals surface area contributed by atoms with E-state index in [1.54, 1.807) is 0 Å². The molecule has 1 aliphatic rings. The van der Waals surface area contributed by atoms with E-state index in [1.165, 1.54) is 16.3 Å². The van der Waals surface area contributed by atoms with Crippen molar-refractivity contribution in [2.75, 3.05) is 12.4 Å². The Balaban J connectivity index is 1.34. The molecule has 4 rings (SSSR count). The predicted molar refractivity (Wildman–Crippen MR) is 105 cm³/mol. The molecule has 3 heterocycles. The molecule has 2 atom stereocenters. The number of rotatable bonds is 7. The lowest BCUT2D eigenvalue weighted by atomic mass is 10.2. The monoisotopic (exact) mass is 402 g/mol. The number of nitrogens with one attached hydrogen (secondary N) is 2. The summed E-state index contributed by atoms with van der Waals surface area (Å²) >= 11 is 1.22. The number of carbonyl (C=O) groups excluding carboxylic acids is 1. The third kappa shape index (κ3) is 4.15. The van der Waals surface area contributed by atoms with Gasteiger partial charge in [0.1, 0.15) is 11.3 Å². The number of amides is 1. The lowest BCUT2D eigenvalue weighted by molar-refractivity contribution is -0.119.